The van der Waals surface area contributed by atoms with Gasteiger partial charge in [0.1, 0.15) is 4.88 Å². The quantitative estimate of drug-likeness (QED) is 0.640. The highest BCUT2D eigenvalue weighted by Crippen LogP contribution is 2.23. The van der Waals surface area contributed by atoms with Crippen LogP contribution in [0.15, 0.2) is 18.2 Å². The van der Waals surface area contributed by atoms with Crippen LogP contribution in [0.1, 0.15) is 50.1 Å². The van der Waals surface area contributed by atoms with Crippen LogP contribution in [0.4, 0.5) is 5.69 Å². The van der Waals surface area contributed by atoms with Crippen molar-refractivity contribution in [3.05, 3.63) is 50.2 Å². The Balaban J connectivity index is 1.80. The van der Waals surface area contributed by atoms with Gasteiger partial charge < -0.3 is 15.4 Å². The van der Waals surface area contributed by atoms with E-state index in [-0.39, 0.29) is 12.5 Å². The van der Waals surface area contributed by atoms with Crippen molar-refractivity contribution in [3.8, 4) is 0 Å². The second-order valence-electron chi connectivity index (χ2n) is 7.12. The summed E-state index contributed by atoms with van der Waals surface area (Å²) in [6.07, 6.45) is 1.91. The fourth-order valence-electron chi connectivity index (χ4n) is 3.13. The fraction of sp³-hybridized carbons (Fsp3) is 0.409. The Kier molecular flexibility index (Phi) is 7.96. The Labute approximate surface area is 175 Å². The average molecular weight is 417 g/mol. The van der Waals surface area contributed by atoms with E-state index in [2.05, 4.69) is 17.6 Å². The Morgan fingerprint density at radius 2 is 1.66 bits per heavy atom. The predicted molar refractivity (Wildman–Crippen MR) is 116 cm³/mol. The van der Waals surface area contributed by atoms with E-state index in [1.165, 1.54) is 11.3 Å². The molecule has 0 radical (unpaired) electrons. The Bertz CT molecular complexity index is 895. The third-order valence-corrected chi connectivity index (χ3v) is 5.54. The molecule has 1 aromatic heterocycles. The molecule has 0 unspecified atom stereocenters. The summed E-state index contributed by atoms with van der Waals surface area (Å²) in [7, 11) is 0. The highest BCUT2D eigenvalue weighted by molar-refractivity contribution is 7.14. The molecule has 0 saturated carbocycles. The summed E-state index contributed by atoms with van der Waals surface area (Å²) in [5.74, 6) is -1.38. The molecule has 6 nitrogen and oxygen atoms in total. The molecule has 1 heterocycles. The van der Waals surface area contributed by atoms with Gasteiger partial charge in [0, 0.05) is 10.6 Å². The molecule has 2 amide bonds. The molecule has 0 saturated heterocycles. The number of ether oxygens (including phenoxy) is 1. The number of rotatable bonds is 8. The number of nitrogens with one attached hydrogen (secondary N) is 2. The molecule has 2 aromatic rings. The SMILES string of the molecule is CCCc1cc(C(=O)OCC(=O)NCC(=O)Nc2c(C)cc(C)cc2C)sc1C. The summed E-state index contributed by atoms with van der Waals surface area (Å²) in [5.41, 5.74) is 4.93. The first-order valence-corrected chi connectivity index (χ1v) is 10.4. The molecule has 0 atom stereocenters. The smallest absolute Gasteiger partial charge is 0.348 e. The van der Waals surface area contributed by atoms with Gasteiger partial charge in [-0.05, 0) is 56.9 Å². The first kappa shape index (κ1) is 22.6. The average Bonchev–Trinajstić information content (AvgIpc) is 3.02. The molecule has 1 aromatic carbocycles. The first-order chi connectivity index (χ1) is 13.7. The zero-order valence-electron chi connectivity index (χ0n) is 17.6. The Hall–Kier alpha value is -2.67. The number of hydrogen-bond acceptors (Lipinski definition) is 5. The lowest BCUT2D eigenvalue weighted by Crippen LogP contribution is -2.35. The number of anilines is 1. The predicted octanol–water partition coefficient (Wildman–Crippen LogP) is 3.85. The van der Waals surface area contributed by atoms with Crippen molar-refractivity contribution < 1.29 is 19.1 Å². The van der Waals surface area contributed by atoms with Gasteiger partial charge in [0.15, 0.2) is 6.61 Å². The van der Waals surface area contributed by atoms with E-state index >= 15 is 0 Å². The van der Waals surface area contributed by atoms with E-state index in [0.29, 0.717) is 4.88 Å². The highest BCUT2D eigenvalue weighted by atomic mass is 32.1. The number of carbonyl (C=O) groups is 3. The largest absolute Gasteiger partial charge is 0.451 e. The van der Waals surface area contributed by atoms with Crippen LogP contribution in [0, 0.1) is 27.7 Å². The van der Waals surface area contributed by atoms with Gasteiger partial charge in [-0.2, -0.15) is 0 Å². The third-order valence-electron chi connectivity index (χ3n) is 4.46. The molecular formula is C22H28N2O4S. The first-order valence-electron chi connectivity index (χ1n) is 9.62. The van der Waals surface area contributed by atoms with Crippen molar-refractivity contribution in [2.45, 2.75) is 47.5 Å². The molecule has 2 N–H and O–H groups in total. The van der Waals surface area contributed by atoms with Gasteiger partial charge in [-0.15, -0.1) is 11.3 Å². The maximum Gasteiger partial charge on any atom is 0.348 e. The van der Waals surface area contributed by atoms with E-state index in [0.717, 1.165) is 45.7 Å². The molecule has 156 valence electrons. The molecule has 0 bridgehead atoms. The van der Waals surface area contributed by atoms with Crippen molar-refractivity contribution >= 4 is 34.8 Å². The normalized spacial score (nSPS) is 10.5. The van der Waals surface area contributed by atoms with E-state index < -0.39 is 18.5 Å². The summed E-state index contributed by atoms with van der Waals surface area (Å²) in [4.78, 5) is 37.8. The fourth-order valence-corrected chi connectivity index (χ4v) is 4.10. The zero-order valence-corrected chi connectivity index (χ0v) is 18.4. The van der Waals surface area contributed by atoms with E-state index in [1.54, 1.807) is 0 Å². The topological polar surface area (TPSA) is 84.5 Å². The monoisotopic (exact) mass is 416 g/mol. The molecule has 0 spiro atoms. The van der Waals surface area contributed by atoms with Gasteiger partial charge in [0.25, 0.3) is 5.91 Å². The summed E-state index contributed by atoms with van der Waals surface area (Å²) >= 11 is 1.37. The van der Waals surface area contributed by atoms with Crippen LogP contribution in [0.5, 0.6) is 0 Å². The zero-order chi connectivity index (χ0) is 21.6. The lowest BCUT2D eigenvalue weighted by molar-refractivity contribution is -0.126. The molecular weight excluding hydrogens is 388 g/mol. The van der Waals surface area contributed by atoms with Crippen LogP contribution in [0.25, 0.3) is 0 Å². The highest BCUT2D eigenvalue weighted by Gasteiger charge is 2.16. The number of carbonyl (C=O) groups excluding carboxylic acids is 3. The van der Waals surface area contributed by atoms with E-state index in [9.17, 15) is 14.4 Å². The van der Waals surface area contributed by atoms with Crippen LogP contribution in [-0.4, -0.2) is 30.9 Å². The number of esters is 1. The minimum atomic E-state index is -0.522. The van der Waals surface area contributed by atoms with Crippen LogP contribution in [-0.2, 0) is 20.7 Å². The number of benzene rings is 1. The maximum absolute atomic E-state index is 12.1. The molecule has 2 rings (SSSR count). The van der Waals surface area contributed by atoms with Gasteiger partial charge in [0.2, 0.25) is 5.91 Å². The second-order valence-corrected chi connectivity index (χ2v) is 8.37. The summed E-state index contributed by atoms with van der Waals surface area (Å²) in [5, 5.41) is 5.28. The number of hydrogen-bond donors (Lipinski definition) is 2. The minimum absolute atomic E-state index is 0.193. The molecule has 29 heavy (non-hydrogen) atoms. The summed E-state index contributed by atoms with van der Waals surface area (Å²) < 4.78 is 5.07. The Morgan fingerprint density at radius 3 is 2.28 bits per heavy atom. The molecule has 0 aliphatic rings. The van der Waals surface area contributed by atoms with Crippen LogP contribution in [0.3, 0.4) is 0 Å². The van der Waals surface area contributed by atoms with Gasteiger partial charge in [0.05, 0.1) is 6.54 Å². The maximum atomic E-state index is 12.1. The molecule has 0 aliphatic carbocycles. The van der Waals surface area contributed by atoms with Crippen molar-refractivity contribution in [1.82, 2.24) is 5.32 Å². The third kappa shape index (κ3) is 6.42. The minimum Gasteiger partial charge on any atom is -0.451 e. The van der Waals surface area contributed by atoms with Crippen molar-refractivity contribution in [1.29, 1.82) is 0 Å². The van der Waals surface area contributed by atoms with E-state index in [4.69, 9.17) is 4.74 Å². The lowest BCUT2D eigenvalue weighted by atomic mass is 10.1. The van der Waals surface area contributed by atoms with Crippen LogP contribution < -0.4 is 10.6 Å². The molecule has 7 heteroatoms. The van der Waals surface area contributed by atoms with Gasteiger partial charge in [-0.3, -0.25) is 9.59 Å². The van der Waals surface area contributed by atoms with Crippen LogP contribution in [0.2, 0.25) is 0 Å². The molecule has 0 fully saturated rings. The standard InChI is InChI=1S/C22H28N2O4S/c1-6-7-17-10-18(29-16(17)5)22(27)28-12-20(26)23-11-19(25)24-21-14(3)8-13(2)9-15(21)4/h8-10H,6-7,11-12H2,1-5H3,(H,23,26)(H,24,25). The van der Waals surface area contributed by atoms with Gasteiger partial charge in [-0.25, -0.2) is 4.79 Å². The van der Waals surface area contributed by atoms with Crippen molar-refractivity contribution in [2.75, 3.05) is 18.5 Å². The summed E-state index contributed by atoms with van der Waals surface area (Å²) in [6.45, 7) is 9.27. The number of amides is 2. The lowest BCUT2D eigenvalue weighted by Gasteiger charge is -2.13. The van der Waals surface area contributed by atoms with Crippen molar-refractivity contribution in [2.24, 2.45) is 0 Å². The van der Waals surface area contributed by atoms with E-state index in [1.807, 2.05) is 45.9 Å². The van der Waals surface area contributed by atoms with Gasteiger partial charge >= 0.3 is 5.97 Å². The van der Waals surface area contributed by atoms with Crippen LogP contribution >= 0.6 is 11.3 Å². The van der Waals surface area contributed by atoms with Crippen molar-refractivity contribution in [3.63, 3.8) is 0 Å². The Morgan fingerprint density at radius 1 is 1.00 bits per heavy atom. The number of thiophene rings is 1. The number of aryl methyl sites for hydroxylation is 5. The van der Waals surface area contributed by atoms with Gasteiger partial charge in [-0.1, -0.05) is 31.0 Å². The summed E-state index contributed by atoms with van der Waals surface area (Å²) in [6, 6.07) is 5.79. The second kappa shape index (κ2) is 10.2. The molecule has 0 aliphatic heterocycles.